The Bertz CT molecular complexity index is 1250. The molecule has 0 saturated carbocycles. The Morgan fingerprint density at radius 2 is 0.930 bits per heavy atom. The highest BCUT2D eigenvalue weighted by Gasteiger charge is 2.47. The largest absolute Gasteiger partial charge is 0.454 e. The first kappa shape index (κ1) is 67.2. The number of allylic oxidation sites excluding steroid dienone is 3. The van der Waals surface area contributed by atoms with Gasteiger partial charge in [-0.3, -0.25) is 9.59 Å². The molecule has 8 unspecified atom stereocenters. The maximum Gasteiger partial charge on any atom is 0.306 e. The number of amides is 1. The van der Waals surface area contributed by atoms with Gasteiger partial charge in [0.05, 0.1) is 25.4 Å². The van der Waals surface area contributed by atoms with Gasteiger partial charge in [0.15, 0.2) is 12.4 Å². The molecular weight excluding hydrogens is 895 g/mol. The van der Waals surface area contributed by atoms with Crippen molar-refractivity contribution < 1.29 is 49.3 Å². The highest BCUT2D eigenvalue weighted by molar-refractivity contribution is 5.80. The van der Waals surface area contributed by atoms with Crippen molar-refractivity contribution in [2.75, 3.05) is 13.2 Å². The van der Waals surface area contributed by atoms with Gasteiger partial charge in [0.25, 0.3) is 0 Å². The number of carbonyl (C=O) groups is 2. The normalized spacial score (nSPS) is 19.7. The number of carbonyl (C=O) groups excluding carboxylic acids is 2. The SMILES string of the molecule is CCCCCCCCC/C=C\CCCCC(O)C(=O)NC(COC1OC(CO)C(O)C(O)C1OC(=O)CCCCCCCCCCCCCCCCCCC)C(O)/C=C/CCCCCCCCCCCC. The van der Waals surface area contributed by atoms with Crippen molar-refractivity contribution in [1.82, 2.24) is 5.32 Å². The number of aliphatic hydroxyl groups is 5. The van der Waals surface area contributed by atoms with Crippen molar-refractivity contribution in [2.24, 2.45) is 0 Å². The van der Waals surface area contributed by atoms with Crippen LogP contribution in [0.15, 0.2) is 24.3 Å². The molecule has 0 radical (unpaired) electrons. The van der Waals surface area contributed by atoms with Crippen LogP contribution >= 0.6 is 0 Å². The molecule has 0 aromatic rings. The summed E-state index contributed by atoms with van der Waals surface area (Å²) in [6, 6.07) is -1.03. The zero-order valence-corrected chi connectivity index (χ0v) is 46.1. The lowest BCUT2D eigenvalue weighted by atomic mass is 9.99. The molecule has 11 heteroatoms. The Kier molecular flexibility index (Phi) is 46.4. The van der Waals surface area contributed by atoms with Gasteiger partial charge in [0.2, 0.25) is 5.91 Å². The lowest BCUT2D eigenvalue weighted by molar-refractivity contribution is -0.305. The van der Waals surface area contributed by atoms with Gasteiger partial charge in [-0.15, -0.1) is 0 Å². The highest BCUT2D eigenvalue weighted by atomic mass is 16.7. The number of rotatable bonds is 51. The smallest absolute Gasteiger partial charge is 0.306 e. The molecule has 1 aliphatic heterocycles. The van der Waals surface area contributed by atoms with E-state index in [1.807, 2.05) is 6.08 Å². The lowest BCUT2D eigenvalue weighted by Gasteiger charge is -2.41. The van der Waals surface area contributed by atoms with E-state index in [2.05, 4.69) is 38.2 Å². The first-order valence-corrected chi connectivity index (χ1v) is 30.1. The van der Waals surface area contributed by atoms with Crippen LogP contribution in [0, 0.1) is 0 Å². The maximum atomic E-state index is 13.4. The molecule has 8 atom stereocenters. The van der Waals surface area contributed by atoms with Gasteiger partial charge in [-0.25, -0.2) is 0 Å². The molecule has 0 aromatic heterocycles. The van der Waals surface area contributed by atoms with E-state index in [1.54, 1.807) is 6.08 Å². The Morgan fingerprint density at radius 3 is 1.37 bits per heavy atom. The molecule has 6 N–H and O–H groups in total. The fourth-order valence-electron chi connectivity index (χ4n) is 9.53. The van der Waals surface area contributed by atoms with Crippen LogP contribution in [0.25, 0.3) is 0 Å². The van der Waals surface area contributed by atoms with Gasteiger partial charge in [-0.2, -0.15) is 0 Å². The van der Waals surface area contributed by atoms with E-state index in [0.29, 0.717) is 12.8 Å². The first-order valence-electron chi connectivity index (χ1n) is 30.1. The third-order valence-electron chi connectivity index (χ3n) is 14.4. The van der Waals surface area contributed by atoms with Crippen LogP contribution in [0.2, 0.25) is 0 Å². The van der Waals surface area contributed by atoms with Crippen LogP contribution in [-0.4, -0.2) is 99.6 Å². The summed E-state index contributed by atoms with van der Waals surface area (Å²) in [4.78, 5) is 26.5. The fourth-order valence-corrected chi connectivity index (χ4v) is 9.53. The molecule has 1 amide bonds. The van der Waals surface area contributed by atoms with Crippen molar-refractivity contribution in [3.8, 4) is 0 Å². The molecule has 1 heterocycles. The average molecular weight is 1010 g/mol. The average Bonchev–Trinajstić information content (AvgIpc) is 3.37. The van der Waals surface area contributed by atoms with Gasteiger partial charge < -0.3 is 45.1 Å². The highest BCUT2D eigenvalue weighted by Crippen LogP contribution is 2.26. The van der Waals surface area contributed by atoms with Crippen LogP contribution in [-0.2, 0) is 23.8 Å². The number of esters is 1. The topological polar surface area (TPSA) is 175 Å². The Labute approximate surface area is 435 Å². The summed E-state index contributed by atoms with van der Waals surface area (Å²) < 4.78 is 17.6. The van der Waals surface area contributed by atoms with Crippen LogP contribution in [0.4, 0.5) is 0 Å². The van der Waals surface area contributed by atoms with E-state index >= 15 is 0 Å². The minimum atomic E-state index is -1.61. The number of nitrogens with one attached hydrogen (secondary N) is 1. The molecule has 0 bridgehead atoms. The molecule has 0 spiro atoms. The van der Waals surface area contributed by atoms with E-state index in [-0.39, 0.29) is 19.4 Å². The third kappa shape index (κ3) is 37.5. The number of aliphatic hydroxyl groups excluding tert-OH is 5. The van der Waals surface area contributed by atoms with Crippen molar-refractivity contribution in [1.29, 1.82) is 0 Å². The number of hydrogen-bond donors (Lipinski definition) is 6. The number of ether oxygens (including phenoxy) is 3. The van der Waals surface area contributed by atoms with E-state index < -0.39 is 67.4 Å². The summed E-state index contributed by atoms with van der Waals surface area (Å²) in [5, 5.41) is 56.8. The molecule has 71 heavy (non-hydrogen) atoms. The minimum Gasteiger partial charge on any atom is -0.454 e. The number of unbranched alkanes of at least 4 members (excludes halogenated alkanes) is 35. The summed E-state index contributed by atoms with van der Waals surface area (Å²) in [7, 11) is 0. The molecule has 1 aliphatic rings. The van der Waals surface area contributed by atoms with E-state index in [0.717, 1.165) is 57.8 Å². The molecule has 1 rings (SSSR count). The zero-order valence-electron chi connectivity index (χ0n) is 46.1. The van der Waals surface area contributed by atoms with Crippen LogP contribution in [0.1, 0.15) is 284 Å². The standard InChI is InChI=1S/C60H113NO10/c1-4-7-10-13-16-19-22-25-26-27-28-30-33-36-39-42-45-48-55(65)71-58-57(67)56(66)54(49-62)70-60(58)69-50-51(52(63)46-43-40-37-34-31-24-21-18-15-12-9-6-3)61-59(68)53(64)47-44-41-38-35-32-29-23-20-17-14-11-8-5-2/h32,35,43,46,51-54,56-58,60,62-64,66-67H,4-31,33-34,36-42,44-45,47-50H2,1-3H3,(H,61,68)/b35-32-,46-43+. The zero-order chi connectivity index (χ0) is 51.8. The summed E-state index contributed by atoms with van der Waals surface area (Å²) in [5.74, 6) is -1.20. The van der Waals surface area contributed by atoms with Gasteiger partial charge >= 0.3 is 5.97 Å². The van der Waals surface area contributed by atoms with Crippen LogP contribution in [0.3, 0.4) is 0 Å². The van der Waals surface area contributed by atoms with Gasteiger partial charge in [-0.1, -0.05) is 251 Å². The van der Waals surface area contributed by atoms with E-state index in [1.165, 1.54) is 180 Å². The second kappa shape index (κ2) is 49.0. The molecule has 1 fully saturated rings. The van der Waals surface area contributed by atoms with Gasteiger partial charge in [-0.05, 0) is 51.4 Å². The summed E-state index contributed by atoms with van der Waals surface area (Å²) >= 11 is 0. The summed E-state index contributed by atoms with van der Waals surface area (Å²) in [6.45, 7) is 5.79. The summed E-state index contributed by atoms with van der Waals surface area (Å²) in [6.07, 6.45) is 45.1. The van der Waals surface area contributed by atoms with Crippen LogP contribution < -0.4 is 5.32 Å². The molecular formula is C60H113NO10. The Balaban J connectivity index is 2.70. The second-order valence-corrected chi connectivity index (χ2v) is 21.1. The summed E-state index contributed by atoms with van der Waals surface area (Å²) in [5.41, 5.74) is 0. The van der Waals surface area contributed by atoms with Gasteiger partial charge in [0.1, 0.15) is 24.4 Å². The van der Waals surface area contributed by atoms with E-state index in [9.17, 15) is 35.1 Å². The maximum absolute atomic E-state index is 13.4. The van der Waals surface area contributed by atoms with Crippen molar-refractivity contribution in [3.63, 3.8) is 0 Å². The molecule has 418 valence electrons. The van der Waals surface area contributed by atoms with Crippen LogP contribution in [0.5, 0.6) is 0 Å². The lowest BCUT2D eigenvalue weighted by Crippen LogP contribution is -2.61. The van der Waals surface area contributed by atoms with Crippen molar-refractivity contribution in [2.45, 2.75) is 333 Å². The predicted octanol–water partition coefficient (Wildman–Crippen LogP) is 13.7. The van der Waals surface area contributed by atoms with Gasteiger partial charge in [0, 0.05) is 6.42 Å². The molecule has 1 saturated heterocycles. The Hall–Kier alpha value is -1.86. The van der Waals surface area contributed by atoms with Crippen molar-refractivity contribution in [3.05, 3.63) is 24.3 Å². The first-order chi connectivity index (χ1) is 34.7. The molecule has 0 aliphatic carbocycles. The monoisotopic (exact) mass is 1010 g/mol. The Morgan fingerprint density at radius 1 is 0.535 bits per heavy atom. The second-order valence-electron chi connectivity index (χ2n) is 21.1. The minimum absolute atomic E-state index is 0.128. The van der Waals surface area contributed by atoms with E-state index in [4.69, 9.17) is 14.2 Å². The fraction of sp³-hybridized carbons (Fsp3) is 0.900. The van der Waals surface area contributed by atoms with Crippen molar-refractivity contribution >= 4 is 11.9 Å². The molecule has 0 aromatic carbocycles. The third-order valence-corrected chi connectivity index (χ3v) is 14.4. The predicted molar refractivity (Wildman–Crippen MR) is 292 cm³/mol. The number of hydrogen-bond acceptors (Lipinski definition) is 10. The quantitative estimate of drug-likeness (QED) is 0.0195. The molecule has 11 nitrogen and oxygen atoms in total.